The highest BCUT2D eigenvalue weighted by Gasteiger charge is 2.32. The quantitative estimate of drug-likeness (QED) is 0.836. The Balaban J connectivity index is 2.59. The molecule has 0 aliphatic heterocycles. The Labute approximate surface area is 130 Å². The summed E-state index contributed by atoms with van der Waals surface area (Å²) in [7, 11) is 1.40. The number of hydrogen-bond donors (Lipinski definition) is 1. The van der Waals surface area contributed by atoms with E-state index >= 15 is 0 Å². The van der Waals surface area contributed by atoms with E-state index in [2.05, 4.69) is 0 Å². The van der Waals surface area contributed by atoms with E-state index in [0.29, 0.717) is 5.75 Å². The van der Waals surface area contributed by atoms with E-state index in [1.165, 1.54) is 32.2 Å². The molecule has 0 aliphatic rings. The number of rotatable bonds is 3. The average Bonchev–Trinajstić information content (AvgIpc) is 2.42. The molecule has 0 amide bonds. The maximum atomic E-state index is 14.1. The Morgan fingerprint density at radius 1 is 1.00 bits per heavy atom. The van der Waals surface area contributed by atoms with E-state index in [9.17, 15) is 13.9 Å². The second kappa shape index (κ2) is 5.79. The Kier molecular flexibility index (Phi) is 4.42. The molecule has 0 fully saturated rings. The topological polar surface area (TPSA) is 29.5 Å². The lowest BCUT2D eigenvalue weighted by Crippen LogP contribution is -2.25. The molecule has 0 radical (unpaired) electrons. The zero-order chi connectivity index (χ0) is 15.8. The van der Waals surface area contributed by atoms with Crippen LogP contribution in [0.4, 0.5) is 8.78 Å². The van der Waals surface area contributed by atoms with Gasteiger partial charge in [-0.1, -0.05) is 23.2 Å². The number of benzene rings is 2. The SMILES string of the molecule is COc1ccc(C(C)(O)c2cc(F)c(Cl)cc2Cl)c(F)c1. The van der Waals surface area contributed by atoms with Gasteiger partial charge in [0.25, 0.3) is 0 Å². The van der Waals surface area contributed by atoms with Crippen molar-refractivity contribution in [1.82, 2.24) is 0 Å². The molecule has 1 atom stereocenters. The van der Waals surface area contributed by atoms with Crippen LogP contribution >= 0.6 is 23.2 Å². The summed E-state index contributed by atoms with van der Waals surface area (Å²) in [6.07, 6.45) is 0. The molecule has 2 aromatic rings. The second-order valence-corrected chi connectivity index (χ2v) is 5.48. The fraction of sp³-hybridized carbons (Fsp3) is 0.200. The van der Waals surface area contributed by atoms with E-state index in [4.69, 9.17) is 27.9 Å². The summed E-state index contributed by atoms with van der Waals surface area (Å²) in [6.45, 7) is 1.33. The molecular weight excluding hydrogens is 321 g/mol. The van der Waals surface area contributed by atoms with Gasteiger partial charge in [0.05, 0.1) is 12.1 Å². The monoisotopic (exact) mass is 332 g/mol. The smallest absolute Gasteiger partial charge is 0.142 e. The highest BCUT2D eigenvalue weighted by Crippen LogP contribution is 2.38. The summed E-state index contributed by atoms with van der Waals surface area (Å²) in [4.78, 5) is 0. The zero-order valence-corrected chi connectivity index (χ0v) is 12.8. The molecule has 0 aromatic heterocycles. The van der Waals surface area contributed by atoms with Crippen LogP contribution in [0.15, 0.2) is 30.3 Å². The van der Waals surface area contributed by atoms with Gasteiger partial charge in [0.15, 0.2) is 0 Å². The van der Waals surface area contributed by atoms with Gasteiger partial charge in [-0.3, -0.25) is 0 Å². The van der Waals surface area contributed by atoms with Crippen LogP contribution in [0.1, 0.15) is 18.1 Å². The molecule has 6 heteroatoms. The minimum atomic E-state index is -1.82. The Bertz CT molecular complexity index is 688. The van der Waals surface area contributed by atoms with Gasteiger partial charge >= 0.3 is 0 Å². The summed E-state index contributed by atoms with van der Waals surface area (Å²) < 4.78 is 32.6. The highest BCUT2D eigenvalue weighted by atomic mass is 35.5. The van der Waals surface area contributed by atoms with Crippen LogP contribution in [0.3, 0.4) is 0 Å². The van der Waals surface area contributed by atoms with Crippen molar-refractivity contribution in [2.24, 2.45) is 0 Å². The van der Waals surface area contributed by atoms with Crippen LogP contribution in [-0.4, -0.2) is 12.2 Å². The van der Waals surface area contributed by atoms with Crippen molar-refractivity contribution in [2.45, 2.75) is 12.5 Å². The predicted molar refractivity (Wildman–Crippen MR) is 78.0 cm³/mol. The van der Waals surface area contributed by atoms with Crippen molar-refractivity contribution < 1.29 is 18.6 Å². The number of methoxy groups -OCH3 is 1. The van der Waals surface area contributed by atoms with Crippen LogP contribution in [0.5, 0.6) is 5.75 Å². The van der Waals surface area contributed by atoms with Gasteiger partial charge in [-0.15, -0.1) is 0 Å². The lowest BCUT2D eigenvalue weighted by Gasteiger charge is -2.26. The molecule has 112 valence electrons. The Morgan fingerprint density at radius 2 is 1.67 bits per heavy atom. The molecule has 2 nitrogen and oxygen atoms in total. The molecule has 0 saturated heterocycles. The molecule has 0 heterocycles. The number of hydrogen-bond acceptors (Lipinski definition) is 2. The lowest BCUT2D eigenvalue weighted by atomic mass is 9.87. The number of ether oxygens (including phenoxy) is 1. The number of aliphatic hydroxyl groups is 1. The first kappa shape index (κ1) is 16.0. The van der Waals surface area contributed by atoms with E-state index in [0.717, 1.165) is 12.1 Å². The molecule has 0 saturated carbocycles. The normalized spacial score (nSPS) is 13.9. The molecular formula is C15H12Cl2F2O2. The van der Waals surface area contributed by atoms with Crippen LogP contribution in [0.2, 0.25) is 10.0 Å². The van der Waals surface area contributed by atoms with Gasteiger partial charge in [-0.05, 0) is 31.2 Å². The van der Waals surface area contributed by atoms with Gasteiger partial charge in [0, 0.05) is 22.2 Å². The first-order chi connectivity index (χ1) is 9.77. The summed E-state index contributed by atoms with van der Waals surface area (Å²) in [6, 6.07) is 6.14. The minimum absolute atomic E-state index is 0.0233. The van der Waals surface area contributed by atoms with Crippen LogP contribution in [0.25, 0.3) is 0 Å². The standard InChI is InChI=1S/C15H12Cl2F2O2/c1-15(20,9-4-3-8(21-2)5-13(9)18)10-6-14(19)12(17)7-11(10)16/h3-7,20H,1-2H3. The largest absolute Gasteiger partial charge is 0.497 e. The molecule has 0 bridgehead atoms. The molecule has 21 heavy (non-hydrogen) atoms. The van der Waals surface area contributed by atoms with Crippen molar-refractivity contribution in [2.75, 3.05) is 7.11 Å². The molecule has 1 unspecified atom stereocenters. The molecule has 1 N–H and O–H groups in total. The fourth-order valence-electron chi connectivity index (χ4n) is 2.06. The van der Waals surface area contributed by atoms with Gasteiger partial charge in [0.1, 0.15) is 23.0 Å². The van der Waals surface area contributed by atoms with Crippen LogP contribution in [0, 0.1) is 11.6 Å². The maximum absolute atomic E-state index is 14.1. The van der Waals surface area contributed by atoms with E-state index < -0.39 is 17.2 Å². The lowest BCUT2D eigenvalue weighted by molar-refractivity contribution is 0.0976. The first-order valence-electron chi connectivity index (χ1n) is 5.98. The summed E-state index contributed by atoms with van der Waals surface area (Å²) in [5.74, 6) is -1.13. The predicted octanol–water partition coefficient (Wildman–Crippen LogP) is 4.54. The molecule has 2 rings (SSSR count). The van der Waals surface area contributed by atoms with Crippen molar-refractivity contribution in [3.8, 4) is 5.75 Å². The Hall–Kier alpha value is -1.36. The highest BCUT2D eigenvalue weighted by molar-refractivity contribution is 6.35. The van der Waals surface area contributed by atoms with Crippen molar-refractivity contribution in [3.63, 3.8) is 0 Å². The first-order valence-corrected chi connectivity index (χ1v) is 6.74. The maximum Gasteiger partial charge on any atom is 0.142 e. The fourth-order valence-corrected chi connectivity index (χ4v) is 2.63. The van der Waals surface area contributed by atoms with Crippen molar-refractivity contribution in [3.05, 3.63) is 63.1 Å². The van der Waals surface area contributed by atoms with E-state index in [1.54, 1.807) is 0 Å². The minimum Gasteiger partial charge on any atom is -0.497 e. The summed E-state index contributed by atoms with van der Waals surface area (Å²) in [5, 5.41) is 10.5. The number of halogens is 4. The third-order valence-electron chi connectivity index (χ3n) is 3.24. The molecule has 0 spiro atoms. The van der Waals surface area contributed by atoms with Gasteiger partial charge in [-0.25, -0.2) is 8.78 Å². The van der Waals surface area contributed by atoms with Gasteiger partial charge < -0.3 is 9.84 Å². The molecule has 0 aliphatic carbocycles. The van der Waals surface area contributed by atoms with E-state index in [-0.39, 0.29) is 21.2 Å². The van der Waals surface area contributed by atoms with Crippen LogP contribution < -0.4 is 4.74 Å². The second-order valence-electron chi connectivity index (χ2n) is 4.66. The van der Waals surface area contributed by atoms with Crippen molar-refractivity contribution >= 4 is 23.2 Å². The Morgan fingerprint density at radius 3 is 2.24 bits per heavy atom. The van der Waals surface area contributed by atoms with Crippen molar-refractivity contribution in [1.29, 1.82) is 0 Å². The van der Waals surface area contributed by atoms with Crippen LogP contribution in [-0.2, 0) is 5.60 Å². The van der Waals surface area contributed by atoms with E-state index in [1.807, 2.05) is 0 Å². The summed E-state index contributed by atoms with van der Waals surface area (Å²) >= 11 is 11.6. The average molecular weight is 333 g/mol. The van der Waals surface area contributed by atoms with Gasteiger partial charge in [-0.2, -0.15) is 0 Å². The zero-order valence-electron chi connectivity index (χ0n) is 11.3. The third-order valence-corrected chi connectivity index (χ3v) is 3.84. The molecule has 2 aromatic carbocycles. The third kappa shape index (κ3) is 2.98. The van der Waals surface area contributed by atoms with Gasteiger partial charge in [0.2, 0.25) is 0 Å². The summed E-state index contributed by atoms with van der Waals surface area (Å²) in [5.41, 5.74) is -1.85.